The maximum Gasteiger partial charge on any atom is 0.201 e. The molecule has 6 heteroatoms. The number of H-pyrrole nitrogens is 1. The molecule has 3 aromatic rings. The molecule has 0 atom stereocenters. The second kappa shape index (κ2) is 4.88. The van der Waals surface area contributed by atoms with E-state index in [4.69, 9.17) is 4.74 Å². The van der Waals surface area contributed by atoms with E-state index in [0.717, 1.165) is 0 Å². The topological polar surface area (TPSA) is 63.7 Å². The summed E-state index contributed by atoms with van der Waals surface area (Å²) in [6.07, 6.45) is 1.52. The summed E-state index contributed by atoms with van der Waals surface area (Å²) in [5, 5.41) is 10.3. The average Bonchev–Trinajstić information content (AvgIpc) is 2.85. The summed E-state index contributed by atoms with van der Waals surface area (Å²) in [4.78, 5) is 4.15. The SMILES string of the molecule is CC(C)Oc1cccc(F)c1-c1cnc2n[nH]nc2c1. The smallest absolute Gasteiger partial charge is 0.201 e. The Hall–Kier alpha value is -2.50. The fourth-order valence-electron chi connectivity index (χ4n) is 2.01. The minimum atomic E-state index is -0.354. The van der Waals surface area contributed by atoms with Crippen LogP contribution in [0.5, 0.6) is 5.75 Å². The van der Waals surface area contributed by atoms with Gasteiger partial charge in [0.25, 0.3) is 0 Å². The number of aromatic nitrogens is 4. The highest BCUT2D eigenvalue weighted by molar-refractivity contribution is 5.79. The Morgan fingerprint density at radius 1 is 1.25 bits per heavy atom. The predicted molar refractivity (Wildman–Crippen MR) is 72.8 cm³/mol. The van der Waals surface area contributed by atoms with Crippen molar-refractivity contribution in [3.05, 3.63) is 36.3 Å². The number of aromatic amines is 1. The van der Waals surface area contributed by atoms with E-state index in [2.05, 4.69) is 20.4 Å². The van der Waals surface area contributed by atoms with Gasteiger partial charge in [0.2, 0.25) is 5.65 Å². The Labute approximate surface area is 114 Å². The first-order valence-electron chi connectivity index (χ1n) is 6.27. The van der Waals surface area contributed by atoms with Gasteiger partial charge >= 0.3 is 0 Å². The van der Waals surface area contributed by atoms with E-state index in [1.54, 1.807) is 24.4 Å². The maximum absolute atomic E-state index is 14.2. The zero-order valence-corrected chi connectivity index (χ0v) is 11.1. The summed E-state index contributed by atoms with van der Waals surface area (Å²) in [5.74, 6) is 0.137. The van der Waals surface area contributed by atoms with Gasteiger partial charge in [-0.05, 0) is 32.0 Å². The summed E-state index contributed by atoms with van der Waals surface area (Å²) in [6.45, 7) is 3.79. The molecule has 0 fully saturated rings. The largest absolute Gasteiger partial charge is 0.490 e. The monoisotopic (exact) mass is 272 g/mol. The fourth-order valence-corrected chi connectivity index (χ4v) is 2.01. The first-order chi connectivity index (χ1) is 9.65. The molecule has 0 spiro atoms. The van der Waals surface area contributed by atoms with E-state index < -0.39 is 0 Å². The summed E-state index contributed by atoms with van der Waals surface area (Å²) < 4.78 is 19.8. The van der Waals surface area contributed by atoms with Crippen LogP contribution in [-0.2, 0) is 0 Å². The highest BCUT2D eigenvalue weighted by Crippen LogP contribution is 2.33. The molecule has 0 saturated carbocycles. The van der Waals surface area contributed by atoms with Crippen LogP contribution in [-0.4, -0.2) is 26.5 Å². The molecule has 0 amide bonds. The molecule has 0 bridgehead atoms. The molecule has 20 heavy (non-hydrogen) atoms. The van der Waals surface area contributed by atoms with Gasteiger partial charge in [-0.3, -0.25) is 0 Å². The van der Waals surface area contributed by atoms with Crippen molar-refractivity contribution in [1.29, 1.82) is 0 Å². The van der Waals surface area contributed by atoms with Crippen LogP contribution in [0.2, 0.25) is 0 Å². The number of halogens is 1. The van der Waals surface area contributed by atoms with E-state index in [1.165, 1.54) is 6.07 Å². The summed E-state index contributed by atoms with van der Waals surface area (Å²) in [7, 11) is 0. The molecule has 0 radical (unpaired) electrons. The second-order valence-electron chi connectivity index (χ2n) is 4.67. The van der Waals surface area contributed by atoms with Gasteiger partial charge in [0, 0.05) is 11.8 Å². The van der Waals surface area contributed by atoms with Crippen LogP contribution in [0.4, 0.5) is 4.39 Å². The lowest BCUT2D eigenvalue weighted by atomic mass is 10.1. The van der Waals surface area contributed by atoms with Gasteiger partial charge in [0.05, 0.1) is 11.7 Å². The first kappa shape index (κ1) is 12.5. The number of nitrogens with zero attached hydrogens (tertiary/aromatic N) is 3. The Bertz CT molecular complexity index is 754. The van der Waals surface area contributed by atoms with Crippen molar-refractivity contribution in [2.24, 2.45) is 0 Å². The number of pyridine rings is 1. The van der Waals surface area contributed by atoms with Crippen molar-refractivity contribution in [1.82, 2.24) is 20.4 Å². The van der Waals surface area contributed by atoms with Crippen molar-refractivity contribution in [3.63, 3.8) is 0 Å². The highest BCUT2D eigenvalue weighted by Gasteiger charge is 2.15. The second-order valence-corrected chi connectivity index (χ2v) is 4.67. The van der Waals surface area contributed by atoms with Gasteiger partial charge in [-0.25, -0.2) is 9.37 Å². The standard InChI is InChI=1S/C14H13FN4O/c1-8(2)20-12-5-3-4-10(15)13(12)9-6-11-14(16-7-9)18-19-17-11/h3-8H,1-2H3,(H,16,17,18,19). The zero-order chi connectivity index (χ0) is 14.1. The van der Waals surface area contributed by atoms with Crippen LogP contribution in [0.1, 0.15) is 13.8 Å². The van der Waals surface area contributed by atoms with Crippen molar-refractivity contribution in [2.45, 2.75) is 20.0 Å². The molecular weight excluding hydrogens is 259 g/mol. The molecule has 0 aliphatic carbocycles. The van der Waals surface area contributed by atoms with Crippen LogP contribution in [0.25, 0.3) is 22.3 Å². The highest BCUT2D eigenvalue weighted by atomic mass is 19.1. The Balaban J connectivity index is 2.16. The van der Waals surface area contributed by atoms with Gasteiger partial charge in [-0.1, -0.05) is 6.07 Å². The third-order valence-corrected chi connectivity index (χ3v) is 2.80. The van der Waals surface area contributed by atoms with Crippen molar-refractivity contribution < 1.29 is 9.13 Å². The molecule has 5 nitrogen and oxygen atoms in total. The molecule has 3 rings (SSSR count). The molecule has 2 heterocycles. The molecule has 1 N–H and O–H groups in total. The molecule has 0 saturated heterocycles. The fraction of sp³-hybridized carbons (Fsp3) is 0.214. The number of ether oxygens (including phenoxy) is 1. The van der Waals surface area contributed by atoms with Gasteiger partial charge in [0.15, 0.2) is 0 Å². The van der Waals surface area contributed by atoms with E-state index in [9.17, 15) is 4.39 Å². The molecule has 102 valence electrons. The minimum Gasteiger partial charge on any atom is -0.490 e. The average molecular weight is 272 g/mol. The number of nitrogens with one attached hydrogen (secondary N) is 1. The molecule has 1 aromatic carbocycles. The van der Waals surface area contributed by atoms with Crippen molar-refractivity contribution >= 4 is 11.2 Å². The van der Waals surface area contributed by atoms with Crippen LogP contribution in [0.15, 0.2) is 30.5 Å². The number of fused-ring (bicyclic) bond motifs is 1. The number of hydrogen-bond donors (Lipinski definition) is 1. The lowest BCUT2D eigenvalue weighted by Crippen LogP contribution is -2.07. The summed E-state index contributed by atoms with van der Waals surface area (Å²) in [6, 6.07) is 6.50. The lowest BCUT2D eigenvalue weighted by Gasteiger charge is -2.14. The van der Waals surface area contributed by atoms with E-state index >= 15 is 0 Å². The Kier molecular flexibility index (Phi) is 3.06. The van der Waals surface area contributed by atoms with Crippen molar-refractivity contribution in [2.75, 3.05) is 0 Å². The molecule has 2 aromatic heterocycles. The van der Waals surface area contributed by atoms with E-state index in [-0.39, 0.29) is 11.9 Å². The third-order valence-electron chi connectivity index (χ3n) is 2.80. The normalized spacial score (nSPS) is 11.2. The molecule has 0 aliphatic heterocycles. The van der Waals surface area contributed by atoms with Crippen LogP contribution < -0.4 is 4.74 Å². The third kappa shape index (κ3) is 2.20. The van der Waals surface area contributed by atoms with Gasteiger partial charge in [-0.15, -0.1) is 5.10 Å². The Morgan fingerprint density at radius 3 is 2.90 bits per heavy atom. The van der Waals surface area contributed by atoms with Crippen LogP contribution >= 0.6 is 0 Å². The van der Waals surface area contributed by atoms with E-state index in [0.29, 0.717) is 28.0 Å². The van der Waals surface area contributed by atoms with Crippen molar-refractivity contribution in [3.8, 4) is 16.9 Å². The van der Waals surface area contributed by atoms with E-state index in [1.807, 2.05) is 13.8 Å². The summed E-state index contributed by atoms with van der Waals surface area (Å²) >= 11 is 0. The minimum absolute atomic E-state index is 0.0423. The number of rotatable bonds is 3. The summed E-state index contributed by atoms with van der Waals surface area (Å²) in [5.41, 5.74) is 2.08. The molecule has 0 unspecified atom stereocenters. The number of hydrogen-bond acceptors (Lipinski definition) is 4. The van der Waals surface area contributed by atoms with Crippen LogP contribution in [0.3, 0.4) is 0 Å². The molecule has 0 aliphatic rings. The van der Waals surface area contributed by atoms with Gasteiger partial charge < -0.3 is 4.74 Å². The van der Waals surface area contributed by atoms with Gasteiger partial charge in [0.1, 0.15) is 17.1 Å². The number of benzene rings is 1. The zero-order valence-electron chi connectivity index (χ0n) is 11.1. The quantitative estimate of drug-likeness (QED) is 0.796. The Morgan fingerprint density at radius 2 is 2.10 bits per heavy atom. The predicted octanol–water partition coefficient (Wildman–Crippen LogP) is 2.95. The maximum atomic E-state index is 14.2. The molecular formula is C14H13FN4O. The van der Waals surface area contributed by atoms with Gasteiger partial charge in [-0.2, -0.15) is 10.3 Å². The van der Waals surface area contributed by atoms with Crippen LogP contribution in [0, 0.1) is 5.82 Å². The lowest BCUT2D eigenvalue weighted by molar-refractivity contribution is 0.242. The first-order valence-corrected chi connectivity index (χ1v) is 6.27.